The van der Waals surface area contributed by atoms with Crippen molar-refractivity contribution in [2.45, 2.75) is 19.9 Å². The molecule has 2 rings (SSSR count). The van der Waals surface area contributed by atoms with Crippen molar-refractivity contribution < 1.29 is 0 Å². The van der Waals surface area contributed by atoms with Crippen molar-refractivity contribution in [3.05, 3.63) is 47.8 Å². The zero-order chi connectivity index (χ0) is 14.4. The smallest absolute Gasteiger partial charge is 0.226 e. The van der Waals surface area contributed by atoms with Crippen LogP contribution in [0, 0.1) is 11.3 Å². The maximum atomic E-state index is 8.92. The van der Waals surface area contributed by atoms with Gasteiger partial charge < -0.3 is 10.6 Å². The van der Waals surface area contributed by atoms with Crippen LogP contribution in [-0.2, 0) is 6.54 Å². The summed E-state index contributed by atoms with van der Waals surface area (Å²) in [6.45, 7) is 3.60. The zero-order valence-electron chi connectivity index (χ0n) is 11.5. The molecular weight excluding hydrogens is 250 g/mol. The largest absolute Gasteiger partial charge is 0.399 e. The maximum Gasteiger partial charge on any atom is 0.226 e. The fourth-order valence-corrected chi connectivity index (χ4v) is 1.99. The van der Waals surface area contributed by atoms with Crippen molar-refractivity contribution in [3.8, 4) is 6.07 Å². The Balaban J connectivity index is 2.24. The molecule has 0 aliphatic carbocycles. The molecule has 2 aromatic rings. The summed E-state index contributed by atoms with van der Waals surface area (Å²) in [7, 11) is 0. The average molecular weight is 267 g/mol. The second-order valence-electron chi connectivity index (χ2n) is 4.52. The van der Waals surface area contributed by atoms with Crippen molar-refractivity contribution in [1.29, 1.82) is 5.26 Å². The summed E-state index contributed by atoms with van der Waals surface area (Å²) < 4.78 is 0. The van der Waals surface area contributed by atoms with Gasteiger partial charge in [-0.3, -0.25) is 0 Å². The Labute approximate surface area is 118 Å². The monoisotopic (exact) mass is 267 g/mol. The van der Waals surface area contributed by atoms with Gasteiger partial charge >= 0.3 is 0 Å². The van der Waals surface area contributed by atoms with Crippen LogP contribution in [0.3, 0.4) is 0 Å². The standard InChI is InChI=1S/C15H17N5/c1-2-8-20(11-12-4-3-5-13(17)9-12)15-18-7-6-14(10-16)19-15/h3-7,9H,2,8,11,17H2,1H3. The number of hydrogen-bond acceptors (Lipinski definition) is 5. The van der Waals surface area contributed by atoms with Gasteiger partial charge in [-0.25, -0.2) is 9.97 Å². The quantitative estimate of drug-likeness (QED) is 0.841. The first kappa shape index (κ1) is 13.8. The Kier molecular flexibility index (Phi) is 4.51. The van der Waals surface area contributed by atoms with Crippen LogP contribution in [-0.4, -0.2) is 16.5 Å². The second kappa shape index (κ2) is 6.53. The van der Waals surface area contributed by atoms with E-state index >= 15 is 0 Å². The minimum atomic E-state index is 0.378. The van der Waals surface area contributed by atoms with Gasteiger partial charge in [-0.15, -0.1) is 0 Å². The van der Waals surface area contributed by atoms with E-state index in [4.69, 9.17) is 11.0 Å². The number of rotatable bonds is 5. The first-order valence-electron chi connectivity index (χ1n) is 6.55. The van der Waals surface area contributed by atoms with Gasteiger partial charge in [-0.1, -0.05) is 19.1 Å². The highest BCUT2D eigenvalue weighted by atomic mass is 15.2. The molecule has 0 bridgehead atoms. The summed E-state index contributed by atoms with van der Waals surface area (Å²) in [5, 5.41) is 8.92. The van der Waals surface area contributed by atoms with Gasteiger partial charge in [0.15, 0.2) is 0 Å². The summed E-state index contributed by atoms with van der Waals surface area (Å²) in [4.78, 5) is 10.6. The van der Waals surface area contributed by atoms with Crippen LogP contribution in [0.15, 0.2) is 36.5 Å². The Morgan fingerprint density at radius 1 is 1.35 bits per heavy atom. The predicted molar refractivity (Wildman–Crippen MR) is 78.9 cm³/mol. The molecule has 5 nitrogen and oxygen atoms in total. The molecule has 0 atom stereocenters. The summed E-state index contributed by atoms with van der Waals surface area (Å²) in [6, 6.07) is 11.4. The van der Waals surface area contributed by atoms with Crippen molar-refractivity contribution in [1.82, 2.24) is 9.97 Å². The van der Waals surface area contributed by atoms with Gasteiger partial charge in [0.25, 0.3) is 0 Å². The fourth-order valence-electron chi connectivity index (χ4n) is 1.99. The summed E-state index contributed by atoms with van der Waals surface area (Å²) in [5.74, 6) is 0.577. The van der Waals surface area contributed by atoms with Gasteiger partial charge in [0.2, 0.25) is 5.95 Å². The molecule has 0 fully saturated rings. The average Bonchev–Trinajstić information content (AvgIpc) is 2.47. The number of benzene rings is 1. The zero-order valence-corrected chi connectivity index (χ0v) is 11.5. The van der Waals surface area contributed by atoms with Crippen LogP contribution in [0.25, 0.3) is 0 Å². The highest BCUT2D eigenvalue weighted by Crippen LogP contribution is 2.15. The molecule has 0 aliphatic heterocycles. The Bertz CT molecular complexity index is 618. The first-order valence-corrected chi connectivity index (χ1v) is 6.55. The van der Waals surface area contributed by atoms with Crippen LogP contribution in [0.1, 0.15) is 24.6 Å². The Hall–Kier alpha value is -2.61. The number of aromatic nitrogens is 2. The third-order valence-electron chi connectivity index (χ3n) is 2.86. The molecule has 0 aliphatic rings. The lowest BCUT2D eigenvalue weighted by atomic mass is 10.2. The maximum absolute atomic E-state index is 8.92. The van der Waals surface area contributed by atoms with Crippen molar-refractivity contribution in [2.24, 2.45) is 0 Å². The number of nitrogen functional groups attached to an aromatic ring is 1. The van der Waals surface area contributed by atoms with Crippen LogP contribution in [0.4, 0.5) is 11.6 Å². The highest BCUT2D eigenvalue weighted by Gasteiger charge is 2.10. The fraction of sp³-hybridized carbons (Fsp3) is 0.267. The second-order valence-corrected chi connectivity index (χ2v) is 4.52. The van der Waals surface area contributed by atoms with Gasteiger partial charge in [0.05, 0.1) is 0 Å². The SMILES string of the molecule is CCCN(Cc1cccc(N)c1)c1nccc(C#N)n1. The number of anilines is 2. The van der Waals surface area contributed by atoms with E-state index in [1.54, 1.807) is 12.3 Å². The van der Waals surface area contributed by atoms with Crippen LogP contribution in [0.2, 0.25) is 0 Å². The Morgan fingerprint density at radius 3 is 2.90 bits per heavy atom. The molecule has 0 radical (unpaired) electrons. The number of nitriles is 1. The molecule has 1 aromatic heterocycles. The van der Waals surface area contributed by atoms with Gasteiger partial charge in [-0.2, -0.15) is 5.26 Å². The van der Waals surface area contributed by atoms with E-state index < -0.39 is 0 Å². The Morgan fingerprint density at radius 2 is 2.20 bits per heavy atom. The van der Waals surface area contributed by atoms with Crippen molar-refractivity contribution in [2.75, 3.05) is 17.2 Å². The van der Waals surface area contributed by atoms with Gasteiger partial charge in [0, 0.05) is 25.0 Å². The molecule has 0 unspecified atom stereocenters. The minimum absolute atomic E-state index is 0.378. The lowest BCUT2D eigenvalue weighted by molar-refractivity contribution is 0.738. The molecule has 0 saturated heterocycles. The van der Waals surface area contributed by atoms with E-state index in [9.17, 15) is 0 Å². The molecule has 0 amide bonds. The number of nitrogens with two attached hydrogens (primary N) is 1. The molecule has 1 heterocycles. The lowest BCUT2D eigenvalue weighted by Crippen LogP contribution is -2.25. The molecule has 2 N–H and O–H groups in total. The van der Waals surface area contributed by atoms with E-state index in [-0.39, 0.29) is 0 Å². The highest BCUT2D eigenvalue weighted by molar-refractivity contribution is 5.43. The minimum Gasteiger partial charge on any atom is -0.399 e. The van der Waals surface area contributed by atoms with E-state index in [1.807, 2.05) is 30.3 Å². The molecule has 102 valence electrons. The third-order valence-corrected chi connectivity index (χ3v) is 2.86. The molecular formula is C15H17N5. The van der Waals surface area contributed by atoms with Crippen LogP contribution >= 0.6 is 0 Å². The van der Waals surface area contributed by atoms with E-state index in [2.05, 4.69) is 21.8 Å². The predicted octanol–water partition coefficient (Wildman–Crippen LogP) is 2.35. The molecule has 0 spiro atoms. The van der Waals surface area contributed by atoms with Crippen LogP contribution < -0.4 is 10.6 Å². The summed E-state index contributed by atoms with van der Waals surface area (Å²) in [5.41, 5.74) is 8.02. The molecule has 20 heavy (non-hydrogen) atoms. The van der Waals surface area contributed by atoms with E-state index in [1.165, 1.54) is 0 Å². The summed E-state index contributed by atoms with van der Waals surface area (Å²) >= 11 is 0. The first-order chi connectivity index (χ1) is 9.72. The molecule has 0 saturated carbocycles. The number of nitrogens with zero attached hydrogens (tertiary/aromatic N) is 4. The van der Waals surface area contributed by atoms with Gasteiger partial charge in [0.1, 0.15) is 11.8 Å². The topological polar surface area (TPSA) is 78.8 Å². The third kappa shape index (κ3) is 3.45. The van der Waals surface area contributed by atoms with Crippen LogP contribution in [0.5, 0.6) is 0 Å². The number of hydrogen-bond donors (Lipinski definition) is 1. The van der Waals surface area contributed by atoms with E-state index in [0.29, 0.717) is 18.2 Å². The summed E-state index contributed by atoms with van der Waals surface area (Å²) in [6.07, 6.45) is 2.59. The lowest BCUT2D eigenvalue weighted by Gasteiger charge is -2.22. The van der Waals surface area contributed by atoms with Crippen molar-refractivity contribution >= 4 is 11.6 Å². The molecule has 1 aromatic carbocycles. The normalized spacial score (nSPS) is 10.0. The van der Waals surface area contributed by atoms with Crippen molar-refractivity contribution in [3.63, 3.8) is 0 Å². The van der Waals surface area contributed by atoms with E-state index in [0.717, 1.165) is 24.2 Å². The van der Waals surface area contributed by atoms with Gasteiger partial charge in [-0.05, 0) is 30.2 Å². The molecule has 5 heteroatoms.